The lowest BCUT2D eigenvalue weighted by Crippen LogP contribution is -2.43. The highest BCUT2D eigenvalue weighted by Crippen LogP contribution is 2.28. The number of carbonyl (C=O) groups is 1. The standard InChI is InChI=1S/C17H18FNO2/c1-2-17(20)19-7-8-21-11-16(19)14-4-3-13-10-15(18)6-5-12(13)9-14/h3-6,9-10,16H,2,7-8,11H2,1H3. The maximum Gasteiger partial charge on any atom is 0.222 e. The smallest absolute Gasteiger partial charge is 0.222 e. The molecule has 3 rings (SSSR count). The molecule has 1 heterocycles. The number of hydrogen-bond donors (Lipinski definition) is 0. The van der Waals surface area contributed by atoms with E-state index in [4.69, 9.17) is 4.74 Å². The summed E-state index contributed by atoms with van der Waals surface area (Å²) < 4.78 is 18.8. The van der Waals surface area contributed by atoms with Crippen molar-refractivity contribution >= 4 is 16.7 Å². The van der Waals surface area contributed by atoms with Gasteiger partial charge in [-0.25, -0.2) is 4.39 Å². The van der Waals surface area contributed by atoms with Crippen LogP contribution in [-0.4, -0.2) is 30.6 Å². The number of hydrogen-bond acceptors (Lipinski definition) is 2. The van der Waals surface area contributed by atoms with Crippen molar-refractivity contribution in [3.8, 4) is 0 Å². The van der Waals surface area contributed by atoms with Gasteiger partial charge < -0.3 is 9.64 Å². The zero-order chi connectivity index (χ0) is 14.8. The Balaban J connectivity index is 1.97. The Morgan fingerprint density at radius 1 is 1.29 bits per heavy atom. The van der Waals surface area contributed by atoms with Gasteiger partial charge in [-0.15, -0.1) is 0 Å². The summed E-state index contributed by atoms with van der Waals surface area (Å²) in [6, 6.07) is 10.6. The maximum atomic E-state index is 13.2. The Hall–Kier alpha value is -1.94. The van der Waals surface area contributed by atoms with Crippen molar-refractivity contribution in [3.05, 3.63) is 47.8 Å². The summed E-state index contributed by atoms with van der Waals surface area (Å²) in [5.41, 5.74) is 1.04. The monoisotopic (exact) mass is 287 g/mol. The summed E-state index contributed by atoms with van der Waals surface area (Å²) in [7, 11) is 0. The van der Waals surface area contributed by atoms with E-state index in [2.05, 4.69) is 0 Å². The van der Waals surface area contributed by atoms with Crippen LogP contribution in [0, 0.1) is 5.82 Å². The third kappa shape index (κ3) is 2.76. The fourth-order valence-corrected chi connectivity index (χ4v) is 2.82. The number of halogens is 1. The van der Waals surface area contributed by atoms with Gasteiger partial charge in [-0.3, -0.25) is 4.79 Å². The lowest BCUT2D eigenvalue weighted by Gasteiger charge is -2.36. The molecule has 110 valence electrons. The molecule has 1 saturated heterocycles. The van der Waals surface area contributed by atoms with Gasteiger partial charge >= 0.3 is 0 Å². The Kier molecular flexibility index (Phi) is 3.88. The molecule has 3 nitrogen and oxygen atoms in total. The molecule has 0 spiro atoms. The van der Waals surface area contributed by atoms with Crippen molar-refractivity contribution in [2.24, 2.45) is 0 Å². The van der Waals surface area contributed by atoms with Crippen LogP contribution >= 0.6 is 0 Å². The fourth-order valence-electron chi connectivity index (χ4n) is 2.82. The quantitative estimate of drug-likeness (QED) is 0.848. The van der Waals surface area contributed by atoms with E-state index in [1.165, 1.54) is 12.1 Å². The molecule has 1 atom stereocenters. The van der Waals surface area contributed by atoms with Crippen molar-refractivity contribution in [2.45, 2.75) is 19.4 Å². The molecular weight excluding hydrogens is 269 g/mol. The molecule has 0 saturated carbocycles. The zero-order valence-corrected chi connectivity index (χ0v) is 12.0. The zero-order valence-electron chi connectivity index (χ0n) is 12.0. The number of rotatable bonds is 2. The first-order chi connectivity index (χ1) is 10.2. The number of fused-ring (bicyclic) bond motifs is 1. The predicted molar refractivity (Wildman–Crippen MR) is 79.5 cm³/mol. The Bertz CT molecular complexity index is 671. The van der Waals surface area contributed by atoms with Crippen molar-refractivity contribution in [2.75, 3.05) is 19.8 Å². The molecule has 0 aliphatic carbocycles. The van der Waals surface area contributed by atoms with Crippen LogP contribution in [-0.2, 0) is 9.53 Å². The van der Waals surface area contributed by atoms with E-state index in [9.17, 15) is 9.18 Å². The molecule has 0 radical (unpaired) electrons. The van der Waals surface area contributed by atoms with Gasteiger partial charge in [-0.1, -0.05) is 25.1 Å². The normalized spacial score (nSPS) is 19.0. The highest BCUT2D eigenvalue weighted by atomic mass is 19.1. The van der Waals surface area contributed by atoms with Crippen LogP contribution < -0.4 is 0 Å². The topological polar surface area (TPSA) is 29.5 Å². The van der Waals surface area contributed by atoms with Crippen molar-refractivity contribution in [1.82, 2.24) is 4.90 Å². The van der Waals surface area contributed by atoms with Crippen LogP contribution in [0.2, 0.25) is 0 Å². The average molecular weight is 287 g/mol. The second-order valence-corrected chi connectivity index (χ2v) is 5.28. The number of nitrogens with zero attached hydrogens (tertiary/aromatic N) is 1. The van der Waals surface area contributed by atoms with Crippen LogP contribution in [0.25, 0.3) is 10.8 Å². The molecule has 4 heteroatoms. The summed E-state index contributed by atoms with van der Waals surface area (Å²) in [4.78, 5) is 14.0. The Morgan fingerprint density at radius 2 is 2.05 bits per heavy atom. The molecule has 1 fully saturated rings. The largest absolute Gasteiger partial charge is 0.377 e. The number of amides is 1. The van der Waals surface area contributed by atoms with E-state index < -0.39 is 0 Å². The molecule has 1 unspecified atom stereocenters. The van der Waals surface area contributed by atoms with Crippen LogP contribution in [0.5, 0.6) is 0 Å². The van der Waals surface area contributed by atoms with E-state index in [1.807, 2.05) is 30.0 Å². The van der Waals surface area contributed by atoms with Crippen LogP contribution in [0.3, 0.4) is 0 Å². The molecule has 1 aliphatic rings. The van der Waals surface area contributed by atoms with E-state index >= 15 is 0 Å². The van der Waals surface area contributed by atoms with Gasteiger partial charge in [0.25, 0.3) is 0 Å². The minimum atomic E-state index is -0.237. The number of carbonyl (C=O) groups excluding carboxylic acids is 1. The fraction of sp³-hybridized carbons (Fsp3) is 0.353. The highest BCUT2D eigenvalue weighted by Gasteiger charge is 2.27. The van der Waals surface area contributed by atoms with Crippen LogP contribution in [0.4, 0.5) is 4.39 Å². The number of ether oxygens (including phenoxy) is 1. The summed E-state index contributed by atoms with van der Waals surface area (Å²) in [5, 5.41) is 1.84. The van der Waals surface area contributed by atoms with Gasteiger partial charge in [0.05, 0.1) is 19.3 Å². The number of benzene rings is 2. The van der Waals surface area contributed by atoms with Gasteiger partial charge in [0.1, 0.15) is 5.82 Å². The molecule has 2 aromatic rings. The predicted octanol–water partition coefficient (Wildman–Crippen LogP) is 3.29. The molecule has 21 heavy (non-hydrogen) atoms. The van der Waals surface area contributed by atoms with E-state index in [0.717, 1.165) is 16.3 Å². The summed E-state index contributed by atoms with van der Waals surface area (Å²) in [5.74, 6) is -0.0958. The molecule has 0 bridgehead atoms. The van der Waals surface area contributed by atoms with Crippen molar-refractivity contribution in [3.63, 3.8) is 0 Å². The second-order valence-electron chi connectivity index (χ2n) is 5.28. The van der Waals surface area contributed by atoms with E-state index in [1.54, 1.807) is 6.07 Å². The van der Waals surface area contributed by atoms with Gasteiger partial charge in [-0.2, -0.15) is 0 Å². The van der Waals surface area contributed by atoms with Crippen molar-refractivity contribution < 1.29 is 13.9 Å². The van der Waals surface area contributed by atoms with Crippen molar-refractivity contribution in [1.29, 1.82) is 0 Å². The molecule has 1 aliphatic heterocycles. The molecule has 2 aromatic carbocycles. The lowest BCUT2D eigenvalue weighted by molar-refractivity contribution is -0.139. The Morgan fingerprint density at radius 3 is 2.86 bits per heavy atom. The van der Waals surface area contributed by atoms with Crippen LogP contribution in [0.15, 0.2) is 36.4 Å². The summed E-state index contributed by atoms with van der Waals surface area (Å²) in [6.07, 6.45) is 0.495. The molecule has 0 N–H and O–H groups in total. The first kappa shape index (κ1) is 14.0. The third-order valence-corrected chi connectivity index (χ3v) is 3.96. The van der Waals surface area contributed by atoms with Gasteiger partial charge in [0.2, 0.25) is 5.91 Å². The molecular formula is C17H18FNO2. The van der Waals surface area contributed by atoms with Crippen LogP contribution in [0.1, 0.15) is 24.9 Å². The Labute approximate surface area is 123 Å². The average Bonchev–Trinajstić information content (AvgIpc) is 2.53. The SMILES string of the molecule is CCC(=O)N1CCOCC1c1ccc2cc(F)ccc2c1. The summed E-state index contributed by atoms with van der Waals surface area (Å²) in [6.45, 7) is 3.59. The molecule has 1 amide bonds. The third-order valence-electron chi connectivity index (χ3n) is 3.96. The molecule has 0 aromatic heterocycles. The van der Waals surface area contributed by atoms with E-state index in [-0.39, 0.29) is 17.8 Å². The number of morpholine rings is 1. The minimum absolute atomic E-state index is 0.0550. The first-order valence-electron chi connectivity index (χ1n) is 7.25. The lowest BCUT2D eigenvalue weighted by atomic mass is 10.00. The highest BCUT2D eigenvalue weighted by molar-refractivity contribution is 5.83. The first-order valence-corrected chi connectivity index (χ1v) is 7.25. The minimum Gasteiger partial charge on any atom is -0.377 e. The second kappa shape index (κ2) is 5.82. The summed E-state index contributed by atoms with van der Waals surface area (Å²) >= 11 is 0. The van der Waals surface area contributed by atoms with Gasteiger partial charge in [-0.05, 0) is 34.5 Å². The van der Waals surface area contributed by atoms with Gasteiger partial charge in [0, 0.05) is 13.0 Å². The van der Waals surface area contributed by atoms with Gasteiger partial charge in [0.15, 0.2) is 0 Å². The van der Waals surface area contributed by atoms with E-state index in [0.29, 0.717) is 26.2 Å². The maximum absolute atomic E-state index is 13.2.